The van der Waals surface area contributed by atoms with Gasteiger partial charge in [0.05, 0.1) is 11.4 Å². The number of fused-ring (bicyclic) bond motifs is 1. The van der Waals surface area contributed by atoms with Gasteiger partial charge in [0, 0.05) is 12.3 Å². The molecule has 3 rings (SSSR count). The fraction of sp³-hybridized carbons (Fsp3) is 0.118. The Kier molecular flexibility index (Phi) is 3.80. The van der Waals surface area contributed by atoms with E-state index >= 15 is 0 Å². The first-order valence-corrected chi connectivity index (χ1v) is 6.99. The van der Waals surface area contributed by atoms with Gasteiger partial charge < -0.3 is 9.84 Å². The molecule has 2 heterocycles. The number of aryl methyl sites for hydroxylation is 1. The monoisotopic (exact) mass is 310 g/mol. The molecule has 2 aromatic rings. The highest BCUT2D eigenvalue weighted by Crippen LogP contribution is 2.36. The van der Waals surface area contributed by atoms with Crippen LogP contribution in [-0.2, 0) is 9.59 Å². The van der Waals surface area contributed by atoms with Gasteiger partial charge in [0.15, 0.2) is 11.5 Å². The Morgan fingerprint density at radius 3 is 2.87 bits per heavy atom. The molecule has 23 heavy (non-hydrogen) atoms. The van der Waals surface area contributed by atoms with Crippen LogP contribution >= 0.6 is 0 Å². The predicted octanol–water partition coefficient (Wildman–Crippen LogP) is 2.24. The Bertz CT molecular complexity index is 799. The van der Waals surface area contributed by atoms with E-state index in [4.69, 9.17) is 9.84 Å². The number of carbonyl (C=O) groups excluding carboxylic acids is 1. The third kappa shape index (κ3) is 3.06. The zero-order valence-corrected chi connectivity index (χ0v) is 12.4. The Balaban J connectivity index is 2.06. The summed E-state index contributed by atoms with van der Waals surface area (Å²) < 4.78 is 5.65. The van der Waals surface area contributed by atoms with E-state index in [9.17, 15) is 9.59 Å². The predicted molar refractivity (Wildman–Crippen MR) is 84.0 cm³/mol. The number of amides is 1. The molecule has 0 saturated heterocycles. The standard InChI is InChI=1S/C17H14N2O4/c1-11-5-6-14-13(8-11)19(10-16(20)21)17(22)15(23-14)9-12-4-2-3-7-18-12/h2-9H,10H2,1H3,(H,20,21)/b15-9+. The lowest BCUT2D eigenvalue weighted by molar-refractivity contribution is -0.136. The van der Waals surface area contributed by atoms with Gasteiger partial charge in [0.25, 0.3) is 5.91 Å². The SMILES string of the molecule is Cc1ccc2c(c1)N(CC(=O)O)C(=O)/C(=C\c1ccccn1)O2. The molecule has 6 nitrogen and oxygen atoms in total. The Morgan fingerprint density at radius 2 is 2.17 bits per heavy atom. The Labute approximate surface area is 132 Å². The number of carboxylic acids is 1. The van der Waals surface area contributed by atoms with Crippen LogP contribution in [0.4, 0.5) is 5.69 Å². The molecule has 116 valence electrons. The number of anilines is 1. The second-order valence-electron chi connectivity index (χ2n) is 5.12. The molecule has 1 aliphatic rings. The minimum absolute atomic E-state index is 0.0429. The number of carbonyl (C=O) groups is 2. The smallest absolute Gasteiger partial charge is 0.323 e. The summed E-state index contributed by atoms with van der Waals surface area (Å²) in [6, 6.07) is 10.6. The van der Waals surface area contributed by atoms with Crippen LogP contribution in [0.15, 0.2) is 48.4 Å². The highest BCUT2D eigenvalue weighted by atomic mass is 16.5. The maximum Gasteiger partial charge on any atom is 0.323 e. The van der Waals surface area contributed by atoms with Gasteiger partial charge in [-0.05, 0) is 36.8 Å². The number of hydrogen-bond donors (Lipinski definition) is 1. The summed E-state index contributed by atoms with van der Waals surface area (Å²) in [5, 5.41) is 9.09. The van der Waals surface area contributed by atoms with Crippen LogP contribution in [0.3, 0.4) is 0 Å². The molecule has 1 aromatic carbocycles. The molecule has 0 radical (unpaired) electrons. The van der Waals surface area contributed by atoms with Crippen molar-refractivity contribution in [2.75, 3.05) is 11.4 Å². The van der Waals surface area contributed by atoms with Gasteiger partial charge in [-0.25, -0.2) is 0 Å². The topological polar surface area (TPSA) is 79.7 Å². The zero-order chi connectivity index (χ0) is 16.4. The van der Waals surface area contributed by atoms with Gasteiger partial charge in [0.1, 0.15) is 6.54 Å². The summed E-state index contributed by atoms with van der Waals surface area (Å²) >= 11 is 0. The molecule has 0 saturated carbocycles. The molecular weight excluding hydrogens is 296 g/mol. The van der Waals surface area contributed by atoms with Crippen molar-refractivity contribution in [1.82, 2.24) is 4.98 Å². The van der Waals surface area contributed by atoms with E-state index in [1.54, 1.807) is 36.5 Å². The highest BCUT2D eigenvalue weighted by molar-refractivity contribution is 6.11. The van der Waals surface area contributed by atoms with E-state index in [1.165, 1.54) is 11.0 Å². The Morgan fingerprint density at radius 1 is 1.35 bits per heavy atom. The number of nitrogens with zero attached hydrogens (tertiary/aromatic N) is 2. The van der Waals surface area contributed by atoms with E-state index in [0.717, 1.165) is 5.56 Å². The molecule has 0 aliphatic carbocycles. The van der Waals surface area contributed by atoms with Crippen LogP contribution in [0.1, 0.15) is 11.3 Å². The van der Waals surface area contributed by atoms with Crippen LogP contribution in [0.5, 0.6) is 5.75 Å². The fourth-order valence-electron chi connectivity index (χ4n) is 2.31. The maximum absolute atomic E-state index is 12.6. The van der Waals surface area contributed by atoms with Gasteiger partial charge in [-0.15, -0.1) is 0 Å². The first-order valence-electron chi connectivity index (χ1n) is 6.99. The van der Waals surface area contributed by atoms with Crippen molar-refractivity contribution in [3.63, 3.8) is 0 Å². The first-order chi connectivity index (χ1) is 11.0. The van der Waals surface area contributed by atoms with E-state index in [2.05, 4.69) is 4.98 Å². The molecule has 6 heteroatoms. The average molecular weight is 310 g/mol. The number of aromatic nitrogens is 1. The van der Waals surface area contributed by atoms with Gasteiger partial charge >= 0.3 is 5.97 Å². The van der Waals surface area contributed by atoms with Gasteiger partial charge in [-0.3, -0.25) is 19.5 Å². The van der Waals surface area contributed by atoms with Crippen molar-refractivity contribution in [2.45, 2.75) is 6.92 Å². The molecule has 0 unspecified atom stereocenters. The lowest BCUT2D eigenvalue weighted by Crippen LogP contribution is -2.40. The number of carboxylic acid groups (broad SMARTS) is 1. The van der Waals surface area contributed by atoms with E-state index in [-0.39, 0.29) is 5.76 Å². The quantitative estimate of drug-likeness (QED) is 0.880. The van der Waals surface area contributed by atoms with Crippen molar-refractivity contribution >= 4 is 23.6 Å². The van der Waals surface area contributed by atoms with Crippen molar-refractivity contribution in [2.24, 2.45) is 0 Å². The molecule has 1 aromatic heterocycles. The number of ether oxygens (including phenoxy) is 1. The molecule has 1 amide bonds. The first kappa shape index (κ1) is 14.8. The average Bonchev–Trinajstić information content (AvgIpc) is 2.53. The second kappa shape index (κ2) is 5.92. The summed E-state index contributed by atoms with van der Waals surface area (Å²) in [6.45, 7) is 1.43. The summed E-state index contributed by atoms with van der Waals surface area (Å²) in [7, 11) is 0. The van der Waals surface area contributed by atoms with Gasteiger partial charge in [0.2, 0.25) is 0 Å². The zero-order valence-electron chi connectivity index (χ0n) is 12.4. The van der Waals surface area contributed by atoms with Crippen LogP contribution < -0.4 is 9.64 Å². The molecule has 0 fully saturated rings. The lowest BCUT2D eigenvalue weighted by atomic mass is 10.1. The van der Waals surface area contributed by atoms with Crippen LogP contribution in [0.25, 0.3) is 6.08 Å². The van der Waals surface area contributed by atoms with Crippen LogP contribution in [0.2, 0.25) is 0 Å². The van der Waals surface area contributed by atoms with Crippen molar-refractivity contribution in [3.05, 3.63) is 59.6 Å². The van der Waals surface area contributed by atoms with Crippen LogP contribution in [0, 0.1) is 6.92 Å². The number of aliphatic carboxylic acids is 1. The minimum Gasteiger partial charge on any atom is -0.480 e. The number of hydrogen-bond acceptors (Lipinski definition) is 4. The summed E-state index contributed by atoms with van der Waals surface area (Å²) in [5.41, 5.74) is 1.92. The van der Waals surface area contributed by atoms with E-state index in [1.807, 2.05) is 13.0 Å². The summed E-state index contributed by atoms with van der Waals surface area (Å²) in [6.07, 6.45) is 3.10. The number of pyridine rings is 1. The maximum atomic E-state index is 12.6. The Hall–Kier alpha value is -3.15. The third-order valence-corrected chi connectivity index (χ3v) is 3.34. The largest absolute Gasteiger partial charge is 0.480 e. The van der Waals surface area contributed by atoms with Crippen molar-refractivity contribution in [1.29, 1.82) is 0 Å². The molecule has 1 N–H and O–H groups in total. The van der Waals surface area contributed by atoms with Crippen molar-refractivity contribution in [3.8, 4) is 5.75 Å². The third-order valence-electron chi connectivity index (χ3n) is 3.34. The lowest BCUT2D eigenvalue weighted by Gasteiger charge is -2.29. The molecule has 0 atom stereocenters. The fourth-order valence-corrected chi connectivity index (χ4v) is 2.31. The second-order valence-corrected chi connectivity index (χ2v) is 5.12. The number of benzene rings is 1. The molecular formula is C17H14N2O4. The molecule has 0 bridgehead atoms. The van der Waals surface area contributed by atoms with Gasteiger partial charge in [-0.2, -0.15) is 0 Å². The van der Waals surface area contributed by atoms with Crippen LogP contribution in [-0.4, -0.2) is 28.5 Å². The highest BCUT2D eigenvalue weighted by Gasteiger charge is 2.31. The summed E-state index contributed by atoms with van der Waals surface area (Å²) in [4.78, 5) is 29.0. The molecule has 1 aliphatic heterocycles. The number of rotatable bonds is 3. The normalized spacial score (nSPS) is 15.3. The van der Waals surface area contributed by atoms with Gasteiger partial charge in [-0.1, -0.05) is 12.1 Å². The van der Waals surface area contributed by atoms with E-state index in [0.29, 0.717) is 17.1 Å². The molecule has 0 spiro atoms. The van der Waals surface area contributed by atoms with E-state index < -0.39 is 18.4 Å². The minimum atomic E-state index is -1.09. The van der Waals surface area contributed by atoms with Crippen molar-refractivity contribution < 1.29 is 19.4 Å². The summed E-state index contributed by atoms with van der Waals surface area (Å²) in [5.74, 6) is -1.11.